The Morgan fingerprint density at radius 3 is 2.41 bits per heavy atom. The summed E-state index contributed by atoms with van der Waals surface area (Å²) in [4.78, 5) is -0.0906. The number of nitrogens with one attached hydrogen (secondary N) is 1. The van der Waals surface area contributed by atoms with Gasteiger partial charge in [0.05, 0.1) is 5.69 Å². The van der Waals surface area contributed by atoms with Crippen LogP contribution in [0.25, 0.3) is 0 Å². The molecular formula is C8H7F3N2O2S2. The average molecular weight is 284 g/mol. The van der Waals surface area contributed by atoms with E-state index in [1.54, 1.807) is 0 Å². The molecule has 0 heterocycles. The molecule has 1 rings (SSSR count). The lowest BCUT2D eigenvalue weighted by molar-refractivity contribution is 0.236. The second-order valence-electron chi connectivity index (χ2n) is 2.97. The number of sulfonamides is 1. The van der Waals surface area contributed by atoms with Crippen LogP contribution in [0.5, 0.6) is 0 Å². The first-order valence-electron chi connectivity index (χ1n) is 4.13. The minimum absolute atomic E-state index is 0.0906. The van der Waals surface area contributed by atoms with Gasteiger partial charge >= 0.3 is 5.76 Å². The zero-order chi connectivity index (χ0) is 13.2. The molecule has 0 fully saturated rings. The van der Waals surface area contributed by atoms with Gasteiger partial charge in [0.15, 0.2) is 0 Å². The summed E-state index contributed by atoms with van der Waals surface area (Å²) in [5, 5.41) is 0. The Balaban J connectivity index is 3.06. The van der Waals surface area contributed by atoms with E-state index in [2.05, 4.69) is 12.2 Å². The van der Waals surface area contributed by atoms with Crippen LogP contribution in [0.15, 0.2) is 18.2 Å². The Hall–Kier alpha value is -1.35. The number of hydrogen-bond acceptors (Lipinski definition) is 3. The van der Waals surface area contributed by atoms with E-state index < -0.39 is 27.3 Å². The molecule has 0 amide bonds. The molecule has 0 saturated carbocycles. The van der Waals surface area contributed by atoms with Crippen LogP contribution in [0.4, 0.5) is 18.9 Å². The Morgan fingerprint density at radius 1 is 1.41 bits per heavy atom. The summed E-state index contributed by atoms with van der Waals surface area (Å²) in [7, 11) is -4.89. The van der Waals surface area contributed by atoms with Crippen molar-refractivity contribution >= 4 is 32.9 Å². The Bertz CT molecular complexity index is 546. The van der Waals surface area contributed by atoms with Crippen LogP contribution in [0.2, 0.25) is 0 Å². The molecule has 1 aromatic rings. The van der Waals surface area contributed by atoms with E-state index in [9.17, 15) is 21.6 Å². The first-order chi connectivity index (χ1) is 7.74. The van der Waals surface area contributed by atoms with Gasteiger partial charge in [-0.15, -0.1) is 0 Å². The maximum atomic E-state index is 13.3. The van der Waals surface area contributed by atoms with Gasteiger partial charge in [0.25, 0.3) is 10.0 Å². The molecule has 0 aliphatic carbocycles. The molecule has 0 aliphatic rings. The summed E-state index contributed by atoms with van der Waals surface area (Å²) in [6.07, 6.45) is 0. The predicted molar refractivity (Wildman–Crippen MR) is 60.8 cm³/mol. The lowest BCUT2D eigenvalue weighted by atomic mass is 10.2. The molecule has 3 N–H and O–H groups in total. The summed E-state index contributed by atoms with van der Waals surface area (Å²) < 4.78 is 60.4. The summed E-state index contributed by atoms with van der Waals surface area (Å²) in [6, 6.07) is 3.03. The highest BCUT2D eigenvalue weighted by Gasteiger charge is 2.24. The molecule has 0 bridgehead atoms. The highest BCUT2D eigenvalue weighted by atomic mass is 32.2. The maximum absolute atomic E-state index is 13.3. The van der Waals surface area contributed by atoms with Crippen LogP contribution in [-0.4, -0.2) is 19.2 Å². The number of anilines is 1. The number of benzene rings is 1. The first-order valence-corrected chi connectivity index (χ1v) is 6.08. The average Bonchev–Trinajstić information content (AvgIpc) is 2.20. The van der Waals surface area contributed by atoms with Gasteiger partial charge in [-0.05, 0) is 18.2 Å². The standard InChI is InChI=1S/C8H7F3N2O2S2/c9-5-3-4(7(12)16)1-2-6(5)13-17(14,15)8(10)11/h1-3,8,13H,(H2,12,16). The third-order valence-electron chi connectivity index (χ3n) is 1.74. The van der Waals surface area contributed by atoms with Gasteiger partial charge < -0.3 is 5.73 Å². The minimum atomic E-state index is -4.89. The zero-order valence-electron chi connectivity index (χ0n) is 8.15. The molecule has 9 heteroatoms. The summed E-state index contributed by atoms with van der Waals surface area (Å²) in [5.41, 5.74) is 4.79. The highest BCUT2D eigenvalue weighted by molar-refractivity contribution is 7.93. The summed E-state index contributed by atoms with van der Waals surface area (Å²) in [5.74, 6) is -4.68. The Labute approximate surface area is 101 Å². The molecule has 4 nitrogen and oxygen atoms in total. The molecule has 0 aliphatic heterocycles. The van der Waals surface area contributed by atoms with Crippen molar-refractivity contribution in [2.45, 2.75) is 5.76 Å². The molecule has 0 spiro atoms. The Kier molecular flexibility index (Phi) is 3.94. The number of nitrogens with two attached hydrogens (primary N) is 1. The lowest BCUT2D eigenvalue weighted by Gasteiger charge is -2.08. The molecule has 0 atom stereocenters. The van der Waals surface area contributed by atoms with Crippen LogP contribution in [0.3, 0.4) is 0 Å². The summed E-state index contributed by atoms with van der Waals surface area (Å²) >= 11 is 4.57. The third kappa shape index (κ3) is 3.30. The van der Waals surface area contributed by atoms with Crippen molar-refractivity contribution in [3.05, 3.63) is 29.6 Å². The molecule has 94 valence electrons. The fraction of sp³-hybridized carbons (Fsp3) is 0.125. The SMILES string of the molecule is NC(=S)c1ccc(NS(=O)(=O)C(F)F)c(F)c1. The van der Waals surface area contributed by atoms with Crippen molar-refractivity contribution in [1.29, 1.82) is 0 Å². The van der Waals surface area contributed by atoms with Gasteiger partial charge in [-0.1, -0.05) is 12.2 Å². The number of rotatable bonds is 4. The fourth-order valence-electron chi connectivity index (χ4n) is 0.949. The van der Waals surface area contributed by atoms with E-state index in [1.165, 1.54) is 10.8 Å². The largest absolute Gasteiger partial charge is 0.389 e. The smallest absolute Gasteiger partial charge is 0.355 e. The quantitative estimate of drug-likeness (QED) is 0.820. The number of halogens is 3. The molecular weight excluding hydrogens is 277 g/mol. The highest BCUT2D eigenvalue weighted by Crippen LogP contribution is 2.19. The van der Waals surface area contributed by atoms with Crippen molar-refractivity contribution in [2.24, 2.45) is 5.73 Å². The van der Waals surface area contributed by atoms with Gasteiger partial charge in [0.1, 0.15) is 10.8 Å². The maximum Gasteiger partial charge on any atom is 0.355 e. The molecule has 0 radical (unpaired) electrons. The monoisotopic (exact) mass is 284 g/mol. The summed E-state index contributed by atoms with van der Waals surface area (Å²) in [6.45, 7) is 0. The van der Waals surface area contributed by atoms with Crippen LogP contribution in [0.1, 0.15) is 5.56 Å². The topological polar surface area (TPSA) is 72.2 Å². The molecule has 1 aromatic carbocycles. The zero-order valence-corrected chi connectivity index (χ0v) is 9.79. The van der Waals surface area contributed by atoms with Crippen molar-refractivity contribution < 1.29 is 21.6 Å². The van der Waals surface area contributed by atoms with E-state index in [1.807, 2.05) is 0 Å². The molecule has 0 unspecified atom stereocenters. The van der Waals surface area contributed by atoms with E-state index in [0.29, 0.717) is 0 Å². The lowest BCUT2D eigenvalue weighted by Crippen LogP contribution is -2.21. The normalized spacial score (nSPS) is 11.5. The van der Waals surface area contributed by atoms with Crippen LogP contribution < -0.4 is 10.5 Å². The van der Waals surface area contributed by atoms with Gasteiger partial charge in [0.2, 0.25) is 0 Å². The number of thiocarbonyl (C=S) groups is 1. The van der Waals surface area contributed by atoms with Gasteiger partial charge in [0, 0.05) is 5.56 Å². The minimum Gasteiger partial charge on any atom is -0.389 e. The van der Waals surface area contributed by atoms with Crippen LogP contribution >= 0.6 is 12.2 Å². The van der Waals surface area contributed by atoms with Crippen molar-refractivity contribution in [2.75, 3.05) is 4.72 Å². The van der Waals surface area contributed by atoms with Crippen molar-refractivity contribution in [1.82, 2.24) is 0 Å². The van der Waals surface area contributed by atoms with Crippen molar-refractivity contribution in [3.8, 4) is 0 Å². The predicted octanol–water partition coefficient (Wildman–Crippen LogP) is 1.42. The van der Waals surface area contributed by atoms with Gasteiger partial charge in [-0.25, -0.2) is 12.8 Å². The Morgan fingerprint density at radius 2 is 2.00 bits per heavy atom. The molecule has 0 aromatic heterocycles. The molecule has 17 heavy (non-hydrogen) atoms. The molecule has 0 saturated heterocycles. The number of hydrogen-bond donors (Lipinski definition) is 2. The van der Waals surface area contributed by atoms with Crippen LogP contribution in [-0.2, 0) is 10.0 Å². The van der Waals surface area contributed by atoms with Crippen LogP contribution in [0, 0.1) is 5.82 Å². The number of alkyl halides is 2. The second kappa shape index (κ2) is 4.88. The fourth-order valence-corrected chi connectivity index (χ4v) is 1.64. The van der Waals surface area contributed by atoms with E-state index in [-0.39, 0.29) is 10.6 Å². The second-order valence-corrected chi connectivity index (χ2v) is 5.06. The van der Waals surface area contributed by atoms with Gasteiger partial charge in [-0.3, -0.25) is 4.72 Å². The van der Waals surface area contributed by atoms with E-state index >= 15 is 0 Å². The van der Waals surface area contributed by atoms with E-state index in [4.69, 9.17) is 5.73 Å². The van der Waals surface area contributed by atoms with E-state index in [0.717, 1.165) is 12.1 Å². The van der Waals surface area contributed by atoms with Crippen molar-refractivity contribution in [3.63, 3.8) is 0 Å². The third-order valence-corrected chi connectivity index (χ3v) is 2.95. The van der Waals surface area contributed by atoms with Gasteiger partial charge in [-0.2, -0.15) is 8.78 Å². The first kappa shape index (κ1) is 13.7.